The van der Waals surface area contributed by atoms with E-state index in [-0.39, 0.29) is 6.09 Å². The minimum absolute atomic E-state index is 0.254. The van der Waals surface area contributed by atoms with Crippen LogP contribution >= 0.6 is 0 Å². The van der Waals surface area contributed by atoms with E-state index in [1.807, 2.05) is 55.8 Å². The second kappa shape index (κ2) is 10.7. The van der Waals surface area contributed by atoms with Crippen molar-refractivity contribution in [2.45, 2.75) is 32.9 Å². The number of fused-ring (bicyclic) bond motifs is 1. The van der Waals surface area contributed by atoms with Crippen LogP contribution in [0.1, 0.15) is 26.3 Å². The van der Waals surface area contributed by atoms with Gasteiger partial charge in [0.2, 0.25) is 0 Å². The summed E-state index contributed by atoms with van der Waals surface area (Å²) in [6, 6.07) is 18.1. The summed E-state index contributed by atoms with van der Waals surface area (Å²) in [6.07, 6.45) is 3.48. The molecule has 4 aromatic rings. The Morgan fingerprint density at radius 2 is 1.65 bits per heavy atom. The van der Waals surface area contributed by atoms with E-state index in [0.29, 0.717) is 32.8 Å². The first-order valence-corrected chi connectivity index (χ1v) is 13.7. The minimum Gasteiger partial charge on any atom is -0.486 e. The highest BCUT2D eigenvalue weighted by atomic mass is 16.6. The zero-order valence-electron chi connectivity index (χ0n) is 23.1. The topological polar surface area (TPSA) is 82.2 Å². The molecule has 0 radical (unpaired) electrons. The molecule has 2 aliphatic rings. The van der Waals surface area contributed by atoms with Gasteiger partial charge in [0.1, 0.15) is 24.5 Å². The Bertz CT molecular complexity index is 1460. The maximum atomic E-state index is 12.5. The number of hydrogen-bond acceptors (Lipinski definition) is 7. The molecule has 2 aromatic heterocycles. The Kier molecular flexibility index (Phi) is 6.98. The number of ether oxygens (including phenoxy) is 3. The van der Waals surface area contributed by atoms with Gasteiger partial charge in [-0.1, -0.05) is 18.2 Å². The van der Waals surface area contributed by atoms with Crippen molar-refractivity contribution in [1.29, 1.82) is 0 Å². The molecule has 9 heteroatoms. The Labute approximate surface area is 233 Å². The molecule has 2 aliphatic heterocycles. The van der Waals surface area contributed by atoms with Crippen LogP contribution in [-0.4, -0.2) is 70.7 Å². The van der Waals surface area contributed by atoms with Gasteiger partial charge in [0, 0.05) is 44.5 Å². The molecule has 9 nitrogen and oxygen atoms in total. The highest BCUT2D eigenvalue weighted by Crippen LogP contribution is 2.35. The number of carbonyl (C=O) groups is 1. The highest BCUT2D eigenvalue weighted by Gasteiger charge is 2.27. The predicted octanol–water partition coefficient (Wildman–Crippen LogP) is 5.62. The third-order valence-corrected chi connectivity index (χ3v) is 6.97. The van der Waals surface area contributed by atoms with E-state index in [0.717, 1.165) is 58.4 Å². The molecule has 0 spiro atoms. The molecule has 0 aliphatic carbocycles. The predicted molar refractivity (Wildman–Crippen MR) is 151 cm³/mol. The smallest absolute Gasteiger partial charge is 0.410 e. The average molecular weight is 543 g/mol. The van der Waals surface area contributed by atoms with Crippen molar-refractivity contribution >= 4 is 6.09 Å². The van der Waals surface area contributed by atoms with Gasteiger partial charge in [-0.05, 0) is 68.3 Å². The fourth-order valence-corrected chi connectivity index (χ4v) is 4.96. The fourth-order valence-electron chi connectivity index (χ4n) is 4.96. The first-order chi connectivity index (χ1) is 19.3. The maximum absolute atomic E-state index is 12.5. The lowest BCUT2D eigenvalue weighted by molar-refractivity contribution is 0.0139. The first-order valence-electron chi connectivity index (χ1n) is 13.7. The number of carbonyl (C=O) groups excluding carboxylic acids is 1. The molecule has 1 saturated heterocycles. The number of nitrogens with zero attached hydrogens (tertiary/aromatic N) is 4. The van der Waals surface area contributed by atoms with Gasteiger partial charge < -0.3 is 23.5 Å². The highest BCUT2D eigenvalue weighted by molar-refractivity contribution is 5.69. The first kappa shape index (κ1) is 26.0. The summed E-state index contributed by atoms with van der Waals surface area (Å²) in [5.41, 5.74) is 4.49. The fraction of sp³-hybridized carbons (Fsp3) is 0.355. The summed E-state index contributed by atoms with van der Waals surface area (Å²) in [4.78, 5) is 16.6. The Hall–Kier alpha value is -4.24. The van der Waals surface area contributed by atoms with Gasteiger partial charge in [-0.25, -0.2) is 9.48 Å². The monoisotopic (exact) mass is 542 g/mol. The molecular weight excluding hydrogens is 508 g/mol. The van der Waals surface area contributed by atoms with Crippen molar-refractivity contribution in [2.24, 2.45) is 0 Å². The van der Waals surface area contributed by atoms with Crippen molar-refractivity contribution in [1.82, 2.24) is 19.6 Å². The lowest BCUT2D eigenvalue weighted by Gasteiger charge is -2.35. The zero-order valence-corrected chi connectivity index (χ0v) is 23.1. The third kappa shape index (κ3) is 5.70. The van der Waals surface area contributed by atoms with E-state index < -0.39 is 5.60 Å². The standard InChI is InChI=1S/C31H34N4O5/c1-31(2,3)40-30(36)34-14-12-33(13-15-34)20-24-21-35(32-29(24)27-5-4-16-37-27)25-9-6-22(7-10-25)23-8-11-26-28(19-23)39-18-17-38-26/h4-11,16,19,21H,12-15,17-18,20H2,1-3H3. The van der Waals surface area contributed by atoms with Gasteiger partial charge in [-0.2, -0.15) is 5.10 Å². The molecule has 1 fully saturated rings. The molecule has 6 rings (SSSR count). The van der Waals surface area contributed by atoms with Crippen LogP contribution in [0.4, 0.5) is 4.79 Å². The summed E-state index contributed by atoms with van der Waals surface area (Å²) in [7, 11) is 0. The number of hydrogen-bond donors (Lipinski definition) is 0. The molecule has 0 unspecified atom stereocenters. The van der Waals surface area contributed by atoms with Gasteiger partial charge in [0.05, 0.1) is 12.0 Å². The summed E-state index contributed by atoms with van der Waals surface area (Å²) >= 11 is 0. The number of amides is 1. The van der Waals surface area contributed by atoms with Gasteiger partial charge in [0.15, 0.2) is 17.3 Å². The van der Waals surface area contributed by atoms with Gasteiger partial charge in [-0.15, -0.1) is 0 Å². The largest absolute Gasteiger partial charge is 0.486 e. The van der Waals surface area contributed by atoms with E-state index in [1.165, 1.54) is 0 Å². The van der Waals surface area contributed by atoms with Gasteiger partial charge in [-0.3, -0.25) is 4.90 Å². The lowest BCUT2D eigenvalue weighted by atomic mass is 10.0. The van der Waals surface area contributed by atoms with Gasteiger partial charge in [0.25, 0.3) is 0 Å². The van der Waals surface area contributed by atoms with E-state index in [2.05, 4.69) is 35.4 Å². The number of benzene rings is 2. The molecule has 2 aromatic carbocycles. The molecule has 1 amide bonds. The second-order valence-electron chi connectivity index (χ2n) is 11.1. The van der Waals surface area contributed by atoms with E-state index in [4.69, 9.17) is 23.7 Å². The Morgan fingerprint density at radius 3 is 2.35 bits per heavy atom. The van der Waals surface area contributed by atoms with Crippen molar-refractivity contribution in [3.63, 3.8) is 0 Å². The van der Waals surface area contributed by atoms with E-state index in [9.17, 15) is 4.79 Å². The zero-order chi connectivity index (χ0) is 27.7. The molecule has 0 N–H and O–H groups in total. The summed E-state index contributed by atoms with van der Waals surface area (Å²) in [6.45, 7) is 10.3. The van der Waals surface area contributed by atoms with Gasteiger partial charge >= 0.3 is 6.09 Å². The Morgan fingerprint density at radius 1 is 0.925 bits per heavy atom. The van der Waals surface area contributed by atoms with Crippen LogP contribution in [0.15, 0.2) is 71.5 Å². The number of aromatic nitrogens is 2. The average Bonchev–Trinajstić information content (AvgIpc) is 3.63. The molecule has 0 bridgehead atoms. The van der Waals surface area contributed by atoms with Crippen LogP contribution < -0.4 is 9.47 Å². The number of furan rings is 1. The van der Waals surface area contributed by atoms with Crippen molar-refractivity contribution in [2.75, 3.05) is 39.4 Å². The maximum Gasteiger partial charge on any atom is 0.410 e. The summed E-state index contributed by atoms with van der Waals surface area (Å²) in [5, 5.41) is 4.91. The van der Waals surface area contributed by atoms with Crippen LogP contribution in [-0.2, 0) is 11.3 Å². The normalized spacial score (nSPS) is 15.7. The molecule has 208 valence electrons. The van der Waals surface area contributed by atoms with E-state index >= 15 is 0 Å². The third-order valence-electron chi connectivity index (χ3n) is 6.97. The van der Waals surface area contributed by atoms with Crippen molar-refractivity contribution < 1.29 is 23.4 Å². The van der Waals surface area contributed by atoms with Crippen LogP contribution in [0.2, 0.25) is 0 Å². The Balaban J connectivity index is 1.18. The quantitative estimate of drug-likeness (QED) is 0.324. The summed E-state index contributed by atoms with van der Waals surface area (Å²) in [5.74, 6) is 2.29. The van der Waals surface area contributed by atoms with Crippen molar-refractivity contribution in [3.8, 4) is 39.8 Å². The molecule has 40 heavy (non-hydrogen) atoms. The van der Waals surface area contributed by atoms with Crippen molar-refractivity contribution in [3.05, 3.63) is 72.6 Å². The van der Waals surface area contributed by atoms with Crippen LogP contribution in [0.25, 0.3) is 28.3 Å². The van der Waals surface area contributed by atoms with Crippen LogP contribution in [0.3, 0.4) is 0 Å². The molecule has 4 heterocycles. The molecule has 0 atom stereocenters. The van der Waals surface area contributed by atoms with Crippen LogP contribution in [0, 0.1) is 0 Å². The number of piperazine rings is 1. The summed E-state index contributed by atoms with van der Waals surface area (Å²) < 4.78 is 24.6. The lowest BCUT2D eigenvalue weighted by Crippen LogP contribution is -2.49. The van der Waals surface area contributed by atoms with Crippen LogP contribution in [0.5, 0.6) is 11.5 Å². The molecular formula is C31H34N4O5. The SMILES string of the molecule is CC(C)(C)OC(=O)N1CCN(Cc2cn(-c3ccc(-c4ccc5c(c4)OCCO5)cc3)nc2-c2ccco2)CC1. The van der Waals surface area contributed by atoms with E-state index in [1.54, 1.807) is 11.2 Å². The minimum atomic E-state index is -0.497. The second-order valence-corrected chi connectivity index (χ2v) is 11.1. The molecule has 0 saturated carbocycles. The number of rotatable bonds is 5.